The topological polar surface area (TPSA) is 71.8 Å². The molecule has 0 aromatic carbocycles. The Morgan fingerprint density at radius 2 is 2.20 bits per heavy atom. The van der Waals surface area contributed by atoms with Gasteiger partial charge in [0.15, 0.2) is 0 Å². The maximum Gasteiger partial charge on any atom is 0.341 e. The van der Waals surface area contributed by atoms with Crippen LogP contribution in [0.3, 0.4) is 0 Å². The van der Waals surface area contributed by atoms with Crippen LogP contribution in [0.2, 0.25) is 0 Å². The number of rotatable bonds is 6. The number of methoxy groups -OCH3 is 1. The molecule has 1 aromatic heterocycles. The van der Waals surface area contributed by atoms with Crippen LogP contribution >= 0.6 is 0 Å². The van der Waals surface area contributed by atoms with Crippen LogP contribution in [0.5, 0.6) is 0 Å². The molecule has 6 nitrogen and oxygen atoms in total. The number of likely N-dealkylation sites (N-methyl/N-ethyl adjacent to an activating group) is 1. The molecule has 1 saturated carbocycles. The van der Waals surface area contributed by atoms with Gasteiger partial charge in [0.2, 0.25) is 5.91 Å². The number of furan rings is 1. The molecule has 1 N–H and O–H groups in total. The third kappa shape index (κ3) is 3.84. The first-order valence-corrected chi connectivity index (χ1v) is 6.65. The molecule has 1 heterocycles. The van der Waals surface area contributed by atoms with E-state index in [-0.39, 0.29) is 5.91 Å². The summed E-state index contributed by atoms with van der Waals surface area (Å²) in [7, 11) is 3.17. The fourth-order valence-corrected chi connectivity index (χ4v) is 2.00. The van der Waals surface area contributed by atoms with E-state index in [9.17, 15) is 9.59 Å². The number of nitrogens with zero attached hydrogens (tertiary/aromatic N) is 1. The standard InChI is InChI=1S/C14H20N2O4/c1-9-12(14(18)19-3)6-11(20-9)7-16(2)8-13(17)15-10-4-5-10/h6,10H,4-5,7-8H2,1-3H3,(H,15,17). The Hall–Kier alpha value is -1.82. The van der Waals surface area contributed by atoms with Crippen molar-refractivity contribution in [1.29, 1.82) is 0 Å². The first-order valence-electron chi connectivity index (χ1n) is 6.65. The Kier molecular flexibility index (Phi) is 4.44. The van der Waals surface area contributed by atoms with E-state index >= 15 is 0 Å². The Morgan fingerprint density at radius 3 is 2.80 bits per heavy atom. The third-order valence-corrected chi connectivity index (χ3v) is 3.16. The van der Waals surface area contributed by atoms with Gasteiger partial charge in [-0.05, 0) is 32.9 Å². The summed E-state index contributed by atoms with van der Waals surface area (Å²) in [6.07, 6.45) is 2.16. The molecule has 1 aliphatic carbocycles. The van der Waals surface area contributed by atoms with Crippen molar-refractivity contribution in [1.82, 2.24) is 10.2 Å². The van der Waals surface area contributed by atoms with Gasteiger partial charge in [0.1, 0.15) is 17.1 Å². The van der Waals surface area contributed by atoms with Crippen LogP contribution in [0.15, 0.2) is 10.5 Å². The summed E-state index contributed by atoms with van der Waals surface area (Å²) >= 11 is 0. The lowest BCUT2D eigenvalue weighted by molar-refractivity contribution is -0.122. The first kappa shape index (κ1) is 14.6. The minimum absolute atomic E-state index is 0.0199. The third-order valence-electron chi connectivity index (χ3n) is 3.16. The number of hydrogen-bond acceptors (Lipinski definition) is 5. The lowest BCUT2D eigenvalue weighted by atomic mass is 10.2. The van der Waals surface area contributed by atoms with Crippen LogP contribution in [0.1, 0.15) is 34.7 Å². The minimum atomic E-state index is -0.411. The van der Waals surface area contributed by atoms with Crippen molar-refractivity contribution in [2.75, 3.05) is 20.7 Å². The van der Waals surface area contributed by atoms with E-state index in [0.29, 0.717) is 36.2 Å². The lowest BCUT2D eigenvalue weighted by Crippen LogP contribution is -2.35. The molecule has 1 aromatic rings. The number of hydrogen-bond donors (Lipinski definition) is 1. The molecule has 6 heteroatoms. The zero-order valence-electron chi connectivity index (χ0n) is 12.1. The Labute approximate surface area is 118 Å². The highest BCUT2D eigenvalue weighted by Crippen LogP contribution is 2.19. The molecular formula is C14H20N2O4. The van der Waals surface area contributed by atoms with Crippen molar-refractivity contribution < 1.29 is 18.7 Å². The van der Waals surface area contributed by atoms with E-state index in [1.807, 2.05) is 11.9 Å². The smallest absolute Gasteiger partial charge is 0.341 e. The summed E-state index contributed by atoms with van der Waals surface area (Å²) < 4.78 is 10.2. The van der Waals surface area contributed by atoms with Crippen LogP contribution in [0.4, 0.5) is 0 Å². The summed E-state index contributed by atoms with van der Waals surface area (Å²) in [5.74, 6) is 0.783. The molecule has 20 heavy (non-hydrogen) atoms. The van der Waals surface area contributed by atoms with Crippen molar-refractivity contribution >= 4 is 11.9 Å². The van der Waals surface area contributed by atoms with Crippen LogP contribution in [0.25, 0.3) is 0 Å². The van der Waals surface area contributed by atoms with Gasteiger partial charge in [-0.15, -0.1) is 0 Å². The quantitative estimate of drug-likeness (QED) is 0.790. The molecule has 110 valence electrons. The zero-order chi connectivity index (χ0) is 14.7. The average molecular weight is 280 g/mol. The van der Waals surface area contributed by atoms with Crippen molar-refractivity contribution in [2.24, 2.45) is 0 Å². The molecule has 0 spiro atoms. The van der Waals surface area contributed by atoms with Gasteiger partial charge < -0.3 is 14.5 Å². The molecule has 0 unspecified atom stereocenters. The molecular weight excluding hydrogens is 260 g/mol. The van der Waals surface area contributed by atoms with Crippen LogP contribution in [-0.2, 0) is 16.1 Å². The van der Waals surface area contributed by atoms with E-state index in [4.69, 9.17) is 4.42 Å². The molecule has 0 atom stereocenters. The fraction of sp³-hybridized carbons (Fsp3) is 0.571. The molecule has 1 aliphatic rings. The highest BCUT2D eigenvalue weighted by atomic mass is 16.5. The number of nitrogens with one attached hydrogen (secondary N) is 1. The Bertz CT molecular complexity index is 505. The van der Waals surface area contributed by atoms with Gasteiger partial charge in [-0.1, -0.05) is 0 Å². The second-order valence-electron chi connectivity index (χ2n) is 5.19. The van der Waals surface area contributed by atoms with Gasteiger partial charge in [0.25, 0.3) is 0 Å². The van der Waals surface area contributed by atoms with E-state index in [0.717, 1.165) is 12.8 Å². The van der Waals surface area contributed by atoms with Gasteiger partial charge in [0, 0.05) is 6.04 Å². The summed E-state index contributed by atoms with van der Waals surface area (Å²) in [6, 6.07) is 2.03. The molecule has 0 aliphatic heterocycles. The molecule has 0 radical (unpaired) electrons. The normalized spacial score (nSPS) is 14.4. The highest BCUT2D eigenvalue weighted by molar-refractivity contribution is 5.90. The van der Waals surface area contributed by atoms with E-state index in [1.165, 1.54) is 7.11 Å². The number of ether oxygens (including phenoxy) is 1. The molecule has 0 bridgehead atoms. The maximum atomic E-state index is 11.7. The molecule has 0 saturated heterocycles. The predicted octanol–water partition coefficient (Wildman–Crippen LogP) is 1.09. The van der Waals surface area contributed by atoms with Crippen molar-refractivity contribution in [3.8, 4) is 0 Å². The maximum absolute atomic E-state index is 11.7. The van der Waals surface area contributed by atoms with E-state index in [2.05, 4.69) is 10.1 Å². The Morgan fingerprint density at radius 1 is 1.50 bits per heavy atom. The molecule has 2 rings (SSSR count). The van der Waals surface area contributed by atoms with Crippen molar-refractivity contribution in [2.45, 2.75) is 32.4 Å². The van der Waals surface area contributed by atoms with Crippen LogP contribution in [0, 0.1) is 6.92 Å². The van der Waals surface area contributed by atoms with Gasteiger partial charge in [-0.25, -0.2) is 4.79 Å². The number of aryl methyl sites for hydroxylation is 1. The fourth-order valence-electron chi connectivity index (χ4n) is 2.00. The van der Waals surface area contributed by atoms with Gasteiger partial charge >= 0.3 is 5.97 Å². The van der Waals surface area contributed by atoms with E-state index < -0.39 is 5.97 Å². The lowest BCUT2D eigenvalue weighted by Gasteiger charge is -2.14. The van der Waals surface area contributed by atoms with Crippen molar-refractivity contribution in [3.63, 3.8) is 0 Å². The number of carbonyl (C=O) groups excluding carboxylic acids is 2. The Balaban J connectivity index is 1.88. The summed E-state index contributed by atoms with van der Waals surface area (Å²) in [6.45, 7) is 2.50. The monoisotopic (exact) mass is 280 g/mol. The SMILES string of the molecule is COC(=O)c1cc(CN(C)CC(=O)NC2CC2)oc1C. The highest BCUT2D eigenvalue weighted by Gasteiger charge is 2.24. The van der Waals surface area contributed by atoms with Gasteiger partial charge in [-0.2, -0.15) is 0 Å². The predicted molar refractivity (Wildman–Crippen MR) is 72.3 cm³/mol. The summed E-state index contributed by atoms with van der Waals surface area (Å²) in [4.78, 5) is 25.0. The second-order valence-corrected chi connectivity index (χ2v) is 5.19. The minimum Gasteiger partial charge on any atom is -0.465 e. The summed E-state index contributed by atoms with van der Waals surface area (Å²) in [5, 5.41) is 2.93. The van der Waals surface area contributed by atoms with Crippen LogP contribution in [-0.4, -0.2) is 43.5 Å². The average Bonchev–Trinajstić information content (AvgIpc) is 3.10. The van der Waals surface area contributed by atoms with E-state index in [1.54, 1.807) is 13.0 Å². The number of carbonyl (C=O) groups is 2. The zero-order valence-corrected chi connectivity index (χ0v) is 12.1. The molecule has 1 amide bonds. The van der Waals surface area contributed by atoms with Crippen molar-refractivity contribution in [3.05, 3.63) is 23.2 Å². The second kappa shape index (κ2) is 6.09. The summed E-state index contributed by atoms with van der Waals surface area (Å²) in [5.41, 5.74) is 0.429. The van der Waals surface area contributed by atoms with Gasteiger partial charge in [0.05, 0.1) is 20.2 Å². The van der Waals surface area contributed by atoms with Gasteiger partial charge in [-0.3, -0.25) is 9.69 Å². The first-order chi connectivity index (χ1) is 9.49. The number of amides is 1. The largest absolute Gasteiger partial charge is 0.465 e. The van der Waals surface area contributed by atoms with Crippen LogP contribution < -0.4 is 5.32 Å². The molecule has 1 fully saturated rings. The number of esters is 1.